The highest BCUT2D eigenvalue weighted by atomic mass is 32.2. The Bertz CT molecular complexity index is 631. The Morgan fingerprint density at radius 1 is 1.22 bits per heavy atom. The van der Waals surface area contributed by atoms with Crippen molar-refractivity contribution in [2.75, 3.05) is 32.6 Å². The van der Waals surface area contributed by atoms with Gasteiger partial charge >= 0.3 is 0 Å². The number of ether oxygens (including phenoxy) is 2. The summed E-state index contributed by atoms with van der Waals surface area (Å²) in [5.74, 6) is -0.178. The Labute approximate surface area is 137 Å². The monoisotopic (exact) mass is 341 g/mol. The third kappa shape index (κ3) is 4.53. The van der Waals surface area contributed by atoms with Crippen LogP contribution in [0.4, 0.5) is 0 Å². The van der Waals surface area contributed by atoms with Crippen LogP contribution in [0.3, 0.4) is 0 Å². The van der Waals surface area contributed by atoms with Crippen molar-refractivity contribution < 1.29 is 22.7 Å². The first-order chi connectivity index (χ1) is 10.8. The molecule has 0 saturated carbocycles. The molecule has 0 radical (unpaired) electrons. The highest BCUT2D eigenvalue weighted by Crippen LogP contribution is 2.17. The van der Waals surface area contributed by atoms with E-state index in [2.05, 4.69) is 0 Å². The van der Waals surface area contributed by atoms with Crippen LogP contribution >= 0.6 is 0 Å². The molecule has 6 nitrogen and oxygen atoms in total. The first-order valence-electron chi connectivity index (χ1n) is 7.60. The maximum atomic E-state index is 12.5. The van der Waals surface area contributed by atoms with Gasteiger partial charge in [0.1, 0.15) is 0 Å². The second kappa shape index (κ2) is 7.42. The number of benzene rings is 1. The molecule has 0 aliphatic carbocycles. The summed E-state index contributed by atoms with van der Waals surface area (Å²) in [6.45, 7) is 5.09. The Hall–Kier alpha value is -1.44. The maximum absolute atomic E-state index is 12.5. The number of methoxy groups -OCH3 is 1. The zero-order valence-corrected chi connectivity index (χ0v) is 14.5. The Morgan fingerprint density at radius 3 is 2.30 bits per heavy atom. The van der Waals surface area contributed by atoms with Crippen LogP contribution in [0, 0.1) is 0 Å². The minimum Gasteiger partial charge on any atom is -0.384 e. The smallest absolute Gasteiger partial charge is 0.254 e. The van der Waals surface area contributed by atoms with Gasteiger partial charge in [0.15, 0.2) is 9.84 Å². The molecule has 1 amide bonds. The summed E-state index contributed by atoms with van der Waals surface area (Å²) >= 11 is 0. The largest absolute Gasteiger partial charge is 0.384 e. The SMILES string of the molecule is COCCS(=O)(=O)c1ccc(C(=O)N2C[C@H](C)O[C@@H](C)C2)cc1. The van der Waals surface area contributed by atoms with E-state index in [9.17, 15) is 13.2 Å². The van der Waals surface area contributed by atoms with Gasteiger partial charge in [-0.2, -0.15) is 0 Å². The van der Waals surface area contributed by atoms with Crippen LogP contribution in [0.15, 0.2) is 29.2 Å². The molecular weight excluding hydrogens is 318 g/mol. The molecule has 0 spiro atoms. The van der Waals surface area contributed by atoms with Crippen molar-refractivity contribution in [3.05, 3.63) is 29.8 Å². The van der Waals surface area contributed by atoms with Gasteiger partial charge in [-0.1, -0.05) is 0 Å². The van der Waals surface area contributed by atoms with Crippen molar-refractivity contribution in [1.82, 2.24) is 4.90 Å². The lowest BCUT2D eigenvalue weighted by atomic mass is 10.1. The van der Waals surface area contributed by atoms with Gasteiger partial charge in [-0.15, -0.1) is 0 Å². The number of amides is 1. The molecule has 0 bridgehead atoms. The molecule has 1 aromatic rings. The summed E-state index contributed by atoms with van der Waals surface area (Å²) in [6, 6.07) is 6.08. The Balaban J connectivity index is 2.11. The highest BCUT2D eigenvalue weighted by molar-refractivity contribution is 7.91. The van der Waals surface area contributed by atoms with Crippen LogP contribution in [0.25, 0.3) is 0 Å². The van der Waals surface area contributed by atoms with Gasteiger partial charge in [-0.25, -0.2) is 8.42 Å². The van der Waals surface area contributed by atoms with Gasteiger partial charge < -0.3 is 14.4 Å². The molecule has 1 heterocycles. The van der Waals surface area contributed by atoms with Gasteiger partial charge in [0, 0.05) is 25.8 Å². The molecule has 128 valence electrons. The molecule has 0 aromatic heterocycles. The number of rotatable bonds is 5. The summed E-state index contributed by atoms with van der Waals surface area (Å²) in [4.78, 5) is 14.5. The third-order valence-electron chi connectivity index (χ3n) is 3.72. The summed E-state index contributed by atoms with van der Waals surface area (Å²) in [5, 5.41) is 0. The van der Waals surface area contributed by atoms with E-state index in [1.165, 1.54) is 19.2 Å². The van der Waals surface area contributed by atoms with Gasteiger partial charge in [-0.3, -0.25) is 4.79 Å². The zero-order chi connectivity index (χ0) is 17.0. The van der Waals surface area contributed by atoms with Crippen molar-refractivity contribution in [1.29, 1.82) is 0 Å². The molecule has 2 atom stereocenters. The summed E-state index contributed by atoms with van der Waals surface area (Å²) in [7, 11) is -1.92. The Kier molecular flexibility index (Phi) is 5.78. The van der Waals surface area contributed by atoms with E-state index in [0.29, 0.717) is 18.7 Å². The van der Waals surface area contributed by atoms with Gasteiger partial charge in [0.2, 0.25) is 0 Å². The lowest BCUT2D eigenvalue weighted by Crippen LogP contribution is -2.48. The second-order valence-corrected chi connectivity index (χ2v) is 7.91. The summed E-state index contributed by atoms with van der Waals surface area (Å²) < 4.78 is 34.6. The number of carbonyl (C=O) groups excluding carboxylic acids is 1. The molecule has 0 unspecified atom stereocenters. The van der Waals surface area contributed by atoms with E-state index in [0.717, 1.165) is 0 Å². The van der Waals surface area contributed by atoms with Crippen LogP contribution in [0.2, 0.25) is 0 Å². The average molecular weight is 341 g/mol. The van der Waals surface area contributed by atoms with Crippen LogP contribution in [0.1, 0.15) is 24.2 Å². The minimum atomic E-state index is -3.38. The van der Waals surface area contributed by atoms with Gasteiger partial charge in [0.25, 0.3) is 5.91 Å². The first kappa shape index (κ1) is 17.9. The van der Waals surface area contributed by atoms with Crippen molar-refractivity contribution in [2.24, 2.45) is 0 Å². The van der Waals surface area contributed by atoms with E-state index in [1.54, 1.807) is 17.0 Å². The normalized spacial score (nSPS) is 22.1. The fourth-order valence-corrected chi connectivity index (χ4v) is 3.81. The zero-order valence-electron chi connectivity index (χ0n) is 13.7. The lowest BCUT2D eigenvalue weighted by molar-refractivity contribution is -0.0586. The highest BCUT2D eigenvalue weighted by Gasteiger charge is 2.26. The maximum Gasteiger partial charge on any atom is 0.254 e. The molecule has 1 aliphatic heterocycles. The Morgan fingerprint density at radius 2 is 1.78 bits per heavy atom. The predicted molar refractivity (Wildman–Crippen MR) is 86.3 cm³/mol. The van der Waals surface area contributed by atoms with Crippen LogP contribution < -0.4 is 0 Å². The fraction of sp³-hybridized carbons (Fsp3) is 0.562. The fourth-order valence-electron chi connectivity index (χ4n) is 2.64. The number of hydrogen-bond acceptors (Lipinski definition) is 5. The predicted octanol–water partition coefficient (Wildman–Crippen LogP) is 1.36. The van der Waals surface area contributed by atoms with Crippen molar-refractivity contribution in [3.63, 3.8) is 0 Å². The molecule has 1 aromatic carbocycles. The van der Waals surface area contributed by atoms with Gasteiger partial charge in [-0.05, 0) is 38.1 Å². The van der Waals surface area contributed by atoms with Gasteiger partial charge in [0.05, 0.1) is 29.5 Å². The van der Waals surface area contributed by atoms with Crippen molar-refractivity contribution >= 4 is 15.7 Å². The van der Waals surface area contributed by atoms with E-state index in [4.69, 9.17) is 9.47 Å². The third-order valence-corrected chi connectivity index (χ3v) is 5.42. The summed E-state index contributed by atoms with van der Waals surface area (Å²) in [6.07, 6.45) is -0.00668. The quantitative estimate of drug-likeness (QED) is 0.808. The molecule has 2 rings (SSSR count). The second-order valence-electron chi connectivity index (χ2n) is 5.80. The molecule has 7 heteroatoms. The van der Waals surface area contributed by atoms with Crippen LogP contribution in [0.5, 0.6) is 0 Å². The molecule has 0 N–H and O–H groups in total. The van der Waals surface area contributed by atoms with E-state index >= 15 is 0 Å². The number of sulfone groups is 1. The minimum absolute atomic E-state index is 0.00334. The molecule has 1 aliphatic rings. The number of carbonyl (C=O) groups is 1. The number of nitrogens with zero attached hydrogens (tertiary/aromatic N) is 1. The van der Waals surface area contributed by atoms with E-state index in [-0.39, 0.29) is 35.4 Å². The lowest BCUT2D eigenvalue weighted by Gasteiger charge is -2.35. The van der Waals surface area contributed by atoms with Crippen molar-refractivity contribution in [3.8, 4) is 0 Å². The standard InChI is InChI=1S/C16H23NO5S/c1-12-10-17(11-13(2)22-12)16(18)14-4-6-15(7-5-14)23(19,20)9-8-21-3/h4-7,12-13H,8-11H2,1-3H3/t12-,13-/m0/s1. The first-order valence-corrected chi connectivity index (χ1v) is 9.25. The van der Waals surface area contributed by atoms with E-state index in [1.807, 2.05) is 13.8 Å². The van der Waals surface area contributed by atoms with Crippen molar-refractivity contribution in [2.45, 2.75) is 31.0 Å². The molecular formula is C16H23NO5S. The molecule has 1 fully saturated rings. The van der Waals surface area contributed by atoms with Crippen LogP contribution in [-0.4, -0.2) is 64.0 Å². The number of morpholine rings is 1. The van der Waals surface area contributed by atoms with Crippen LogP contribution in [-0.2, 0) is 19.3 Å². The number of hydrogen-bond donors (Lipinski definition) is 0. The average Bonchev–Trinajstić information content (AvgIpc) is 2.51. The molecule has 23 heavy (non-hydrogen) atoms. The summed E-state index contributed by atoms with van der Waals surface area (Å²) in [5.41, 5.74) is 0.483. The topological polar surface area (TPSA) is 72.9 Å². The molecule has 1 saturated heterocycles. The van der Waals surface area contributed by atoms with E-state index < -0.39 is 9.84 Å².